The quantitative estimate of drug-likeness (QED) is 0.913. The fraction of sp³-hybridized carbons (Fsp3) is 0.389. The van der Waals surface area contributed by atoms with Gasteiger partial charge in [0.25, 0.3) is 0 Å². The highest BCUT2D eigenvalue weighted by Crippen LogP contribution is 2.39. The Balaban J connectivity index is 1.52. The number of nitrogens with zero attached hydrogens (tertiary/aromatic N) is 1. The van der Waals surface area contributed by atoms with Crippen molar-refractivity contribution in [1.29, 1.82) is 0 Å². The Hall–Kier alpha value is -1.91. The first-order chi connectivity index (χ1) is 10.8. The molecule has 2 N–H and O–H groups in total. The van der Waals surface area contributed by atoms with Gasteiger partial charge in [0.05, 0.1) is 24.9 Å². The van der Waals surface area contributed by atoms with Gasteiger partial charge in [0.1, 0.15) is 0 Å². The molecule has 2 aromatic rings. The molecule has 1 saturated heterocycles. The van der Waals surface area contributed by atoms with Crippen molar-refractivity contribution in [2.45, 2.75) is 37.5 Å². The van der Waals surface area contributed by atoms with E-state index in [0.29, 0.717) is 6.61 Å². The predicted octanol–water partition coefficient (Wildman–Crippen LogP) is 2.48. The molecule has 1 fully saturated rings. The summed E-state index contributed by atoms with van der Waals surface area (Å²) >= 11 is 0. The van der Waals surface area contributed by atoms with Gasteiger partial charge in [-0.1, -0.05) is 18.2 Å². The van der Waals surface area contributed by atoms with Crippen molar-refractivity contribution in [2.75, 3.05) is 11.9 Å². The van der Waals surface area contributed by atoms with E-state index in [9.17, 15) is 5.11 Å². The summed E-state index contributed by atoms with van der Waals surface area (Å²) in [4.78, 5) is 4.37. The van der Waals surface area contributed by atoms with Crippen molar-refractivity contribution in [3.63, 3.8) is 0 Å². The molecule has 3 heterocycles. The average Bonchev–Trinajstić information content (AvgIpc) is 2.57. The second-order valence-electron chi connectivity index (χ2n) is 6.12. The molecule has 0 saturated carbocycles. The zero-order chi connectivity index (χ0) is 14.9. The number of rotatable bonds is 3. The van der Waals surface area contributed by atoms with Crippen molar-refractivity contribution in [2.24, 2.45) is 0 Å². The fourth-order valence-corrected chi connectivity index (χ4v) is 3.34. The summed E-state index contributed by atoms with van der Waals surface area (Å²) in [7, 11) is 0. The highest BCUT2D eigenvalue weighted by Gasteiger charge is 2.36. The summed E-state index contributed by atoms with van der Waals surface area (Å²) in [5, 5.41) is 13.4. The second kappa shape index (κ2) is 5.71. The Morgan fingerprint density at radius 1 is 1.23 bits per heavy atom. The molecule has 4 rings (SSSR count). The van der Waals surface area contributed by atoms with E-state index < -0.39 is 6.10 Å². The number of hydrogen-bond acceptors (Lipinski definition) is 4. The minimum atomic E-state index is -0.415. The Labute approximate surface area is 130 Å². The molecule has 3 atom stereocenters. The summed E-state index contributed by atoms with van der Waals surface area (Å²) in [6.07, 6.45) is 4.29. The number of ether oxygens (including phenoxy) is 1. The van der Waals surface area contributed by atoms with E-state index in [4.69, 9.17) is 4.74 Å². The van der Waals surface area contributed by atoms with Gasteiger partial charge < -0.3 is 15.2 Å². The Bertz CT molecular complexity index is 659. The third-order valence-corrected chi connectivity index (χ3v) is 4.60. The first-order valence-corrected chi connectivity index (χ1v) is 7.88. The van der Waals surface area contributed by atoms with Gasteiger partial charge in [0.2, 0.25) is 0 Å². The monoisotopic (exact) mass is 296 g/mol. The highest BCUT2D eigenvalue weighted by atomic mass is 16.5. The third kappa shape index (κ3) is 2.60. The van der Waals surface area contributed by atoms with E-state index in [1.54, 1.807) is 0 Å². The molecule has 114 valence electrons. The van der Waals surface area contributed by atoms with Gasteiger partial charge in [-0.05, 0) is 36.6 Å². The van der Waals surface area contributed by atoms with Crippen LogP contribution in [0.25, 0.3) is 0 Å². The van der Waals surface area contributed by atoms with Crippen molar-refractivity contribution in [1.82, 2.24) is 4.98 Å². The van der Waals surface area contributed by atoms with E-state index in [1.807, 2.05) is 18.3 Å². The summed E-state index contributed by atoms with van der Waals surface area (Å²) in [5.41, 5.74) is 4.72. The SMILES string of the molecule is O[C@@H]1CO[C@H]2C[C@@H]1Nc1cc(CCc3ccccn3)ccc12. The Morgan fingerprint density at radius 2 is 2.18 bits per heavy atom. The zero-order valence-electron chi connectivity index (χ0n) is 12.4. The molecule has 0 amide bonds. The molecule has 0 aliphatic carbocycles. The number of pyridine rings is 1. The Kier molecular flexibility index (Phi) is 3.56. The number of anilines is 1. The zero-order valence-corrected chi connectivity index (χ0v) is 12.4. The molecule has 0 unspecified atom stereocenters. The lowest BCUT2D eigenvalue weighted by molar-refractivity contribution is -0.0672. The molecule has 2 aliphatic rings. The van der Waals surface area contributed by atoms with Crippen LogP contribution < -0.4 is 5.32 Å². The molecule has 2 bridgehead atoms. The summed E-state index contributed by atoms with van der Waals surface area (Å²) in [6.45, 7) is 0.420. The summed E-state index contributed by atoms with van der Waals surface area (Å²) < 4.78 is 5.76. The molecule has 4 nitrogen and oxygen atoms in total. The van der Waals surface area contributed by atoms with Gasteiger partial charge in [-0.25, -0.2) is 0 Å². The van der Waals surface area contributed by atoms with Crippen LogP contribution in [0.15, 0.2) is 42.6 Å². The summed E-state index contributed by atoms with van der Waals surface area (Å²) in [6, 6.07) is 12.7. The number of aromatic nitrogens is 1. The molecular weight excluding hydrogens is 276 g/mol. The maximum Gasteiger partial charge on any atom is 0.0975 e. The first kappa shape index (κ1) is 13.7. The van der Waals surface area contributed by atoms with Crippen LogP contribution in [-0.4, -0.2) is 28.8 Å². The third-order valence-electron chi connectivity index (χ3n) is 4.60. The molecule has 1 aromatic heterocycles. The topological polar surface area (TPSA) is 54.4 Å². The number of benzene rings is 1. The number of fused-ring (bicyclic) bond motifs is 4. The summed E-state index contributed by atoms with van der Waals surface area (Å²) in [5.74, 6) is 0. The second-order valence-corrected chi connectivity index (χ2v) is 6.12. The van der Waals surface area contributed by atoms with E-state index in [0.717, 1.165) is 30.6 Å². The molecule has 1 aromatic carbocycles. The molecule has 0 radical (unpaired) electrons. The van der Waals surface area contributed by atoms with Crippen molar-refractivity contribution in [3.8, 4) is 0 Å². The largest absolute Gasteiger partial charge is 0.389 e. The maximum absolute atomic E-state index is 9.97. The average molecular weight is 296 g/mol. The minimum absolute atomic E-state index is 0.109. The van der Waals surface area contributed by atoms with Crippen molar-refractivity contribution in [3.05, 3.63) is 59.4 Å². The van der Waals surface area contributed by atoms with Gasteiger partial charge in [0.15, 0.2) is 0 Å². The molecule has 22 heavy (non-hydrogen) atoms. The van der Waals surface area contributed by atoms with E-state index in [-0.39, 0.29) is 12.1 Å². The lowest BCUT2D eigenvalue weighted by Gasteiger charge is -2.40. The van der Waals surface area contributed by atoms with Gasteiger partial charge in [-0.15, -0.1) is 0 Å². The van der Waals surface area contributed by atoms with Crippen LogP contribution in [-0.2, 0) is 17.6 Å². The number of aliphatic hydroxyl groups is 1. The van der Waals surface area contributed by atoms with Crippen LogP contribution in [0.2, 0.25) is 0 Å². The van der Waals surface area contributed by atoms with Gasteiger partial charge in [0, 0.05) is 29.6 Å². The van der Waals surface area contributed by atoms with E-state index >= 15 is 0 Å². The minimum Gasteiger partial charge on any atom is -0.389 e. The lowest BCUT2D eigenvalue weighted by Crippen LogP contribution is -2.45. The fourth-order valence-electron chi connectivity index (χ4n) is 3.34. The maximum atomic E-state index is 9.97. The smallest absolute Gasteiger partial charge is 0.0975 e. The van der Waals surface area contributed by atoms with Crippen LogP contribution >= 0.6 is 0 Å². The van der Waals surface area contributed by atoms with Gasteiger partial charge in [-0.2, -0.15) is 0 Å². The van der Waals surface area contributed by atoms with Crippen LogP contribution in [0.5, 0.6) is 0 Å². The normalized spacial score (nSPS) is 26.1. The molecule has 2 aliphatic heterocycles. The number of aryl methyl sites for hydroxylation is 2. The Morgan fingerprint density at radius 3 is 3.05 bits per heavy atom. The van der Waals surface area contributed by atoms with Crippen molar-refractivity contribution >= 4 is 5.69 Å². The van der Waals surface area contributed by atoms with Gasteiger partial charge in [-0.3, -0.25) is 4.98 Å². The molecular formula is C18H20N2O2. The number of hydrogen-bond donors (Lipinski definition) is 2. The predicted molar refractivity (Wildman–Crippen MR) is 84.8 cm³/mol. The van der Waals surface area contributed by atoms with E-state index in [1.165, 1.54) is 11.1 Å². The van der Waals surface area contributed by atoms with Crippen LogP contribution in [0.1, 0.15) is 29.3 Å². The molecule has 0 spiro atoms. The number of aliphatic hydroxyl groups excluding tert-OH is 1. The lowest BCUT2D eigenvalue weighted by atomic mass is 9.89. The van der Waals surface area contributed by atoms with Crippen LogP contribution in [0, 0.1) is 0 Å². The standard InChI is InChI=1S/C18H20N2O2/c21-17-11-22-18-10-16(17)20-15-9-12(5-7-14(15)18)4-6-13-3-1-2-8-19-13/h1-3,5,7-9,16-18,20-21H,4,6,10-11H2/t16-,17+,18-/m0/s1. The molecule has 4 heteroatoms. The number of nitrogens with one attached hydrogen (secondary N) is 1. The van der Waals surface area contributed by atoms with Crippen molar-refractivity contribution < 1.29 is 9.84 Å². The van der Waals surface area contributed by atoms with Crippen LogP contribution in [0.3, 0.4) is 0 Å². The first-order valence-electron chi connectivity index (χ1n) is 7.88. The van der Waals surface area contributed by atoms with E-state index in [2.05, 4.69) is 34.6 Å². The highest BCUT2D eigenvalue weighted by molar-refractivity contribution is 5.57. The van der Waals surface area contributed by atoms with Crippen LogP contribution in [0.4, 0.5) is 5.69 Å². The van der Waals surface area contributed by atoms with Gasteiger partial charge >= 0.3 is 0 Å².